The third-order valence-corrected chi connectivity index (χ3v) is 3.73. The van der Waals surface area contributed by atoms with Crippen LogP contribution in [0.4, 0.5) is 0 Å². The predicted octanol–water partition coefficient (Wildman–Crippen LogP) is 2.50. The number of benzene rings is 1. The van der Waals surface area contributed by atoms with Gasteiger partial charge < -0.3 is 4.74 Å². The highest BCUT2D eigenvalue weighted by atomic mass is 16.5. The molecule has 1 aliphatic rings. The molecule has 0 amide bonds. The quantitative estimate of drug-likeness (QED) is 0.587. The van der Waals surface area contributed by atoms with Crippen LogP contribution in [-0.4, -0.2) is 13.7 Å². The molecular formula is C14H22N2O. The Balaban J connectivity index is 2.16. The lowest BCUT2D eigenvalue weighted by Crippen LogP contribution is -2.30. The summed E-state index contributed by atoms with van der Waals surface area (Å²) in [5.41, 5.74) is 5.73. The number of methoxy groups -OCH3 is 1. The van der Waals surface area contributed by atoms with E-state index in [-0.39, 0.29) is 6.04 Å². The van der Waals surface area contributed by atoms with E-state index in [4.69, 9.17) is 10.6 Å². The van der Waals surface area contributed by atoms with E-state index < -0.39 is 0 Å². The molecule has 1 fully saturated rings. The number of ether oxygens (including phenoxy) is 1. The van der Waals surface area contributed by atoms with Crippen LogP contribution in [-0.2, 0) is 4.74 Å². The Kier molecular flexibility index (Phi) is 4.54. The average Bonchev–Trinajstić information content (AvgIpc) is 2.30. The van der Waals surface area contributed by atoms with Crippen molar-refractivity contribution in [2.75, 3.05) is 13.7 Å². The molecule has 1 saturated carbocycles. The summed E-state index contributed by atoms with van der Waals surface area (Å²) in [7, 11) is 1.73. The van der Waals surface area contributed by atoms with Crippen LogP contribution in [0.5, 0.6) is 0 Å². The number of nitrogens with two attached hydrogens (primary N) is 1. The summed E-state index contributed by atoms with van der Waals surface area (Å²) in [6.07, 6.45) is 4.91. The Morgan fingerprint density at radius 1 is 1.41 bits per heavy atom. The van der Waals surface area contributed by atoms with E-state index in [0.29, 0.717) is 0 Å². The Hall–Kier alpha value is -0.900. The third kappa shape index (κ3) is 2.86. The van der Waals surface area contributed by atoms with Crippen molar-refractivity contribution >= 4 is 0 Å². The topological polar surface area (TPSA) is 47.3 Å². The molecule has 0 aliphatic heterocycles. The van der Waals surface area contributed by atoms with E-state index in [2.05, 4.69) is 29.7 Å². The monoisotopic (exact) mass is 234 g/mol. The van der Waals surface area contributed by atoms with Crippen molar-refractivity contribution in [3.8, 4) is 0 Å². The highest BCUT2D eigenvalue weighted by molar-refractivity contribution is 5.34. The lowest BCUT2D eigenvalue weighted by Gasteiger charge is -2.30. The zero-order valence-corrected chi connectivity index (χ0v) is 10.5. The largest absolute Gasteiger partial charge is 0.385 e. The minimum atomic E-state index is 0.201. The van der Waals surface area contributed by atoms with Crippen LogP contribution >= 0.6 is 0 Å². The highest BCUT2D eigenvalue weighted by Gasteiger charge is 2.24. The average molecular weight is 234 g/mol. The summed E-state index contributed by atoms with van der Waals surface area (Å²) in [4.78, 5) is 0. The maximum atomic E-state index is 5.67. The van der Waals surface area contributed by atoms with Crippen LogP contribution in [0.3, 0.4) is 0 Å². The smallest absolute Gasteiger partial charge is 0.0484 e. The molecule has 3 N–H and O–H groups in total. The molecule has 1 aromatic rings. The Morgan fingerprint density at radius 3 is 2.76 bits per heavy atom. The van der Waals surface area contributed by atoms with Crippen molar-refractivity contribution in [2.45, 2.75) is 37.6 Å². The van der Waals surface area contributed by atoms with Gasteiger partial charge in [0.2, 0.25) is 0 Å². The van der Waals surface area contributed by atoms with Gasteiger partial charge in [-0.25, -0.2) is 0 Å². The number of hydrogen-bond acceptors (Lipinski definition) is 3. The van der Waals surface area contributed by atoms with Gasteiger partial charge in [-0.05, 0) is 36.3 Å². The first-order valence-electron chi connectivity index (χ1n) is 6.40. The van der Waals surface area contributed by atoms with Gasteiger partial charge in [0.15, 0.2) is 0 Å². The SMILES string of the molecule is COCCC(NN)c1ccccc1C1CCC1. The molecule has 0 radical (unpaired) electrons. The molecule has 0 bridgehead atoms. The van der Waals surface area contributed by atoms with Crippen LogP contribution < -0.4 is 11.3 Å². The fourth-order valence-corrected chi connectivity index (χ4v) is 2.48. The van der Waals surface area contributed by atoms with Gasteiger partial charge >= 0.3 is 0 Å². The second kappa shape index (κ2) is 6.15. The zero-order valence-electron chi connectivity index (χ0n) is 10.5. The molecule has 0 aromatic heterocycles. The van der Waals surface area contributed by atoms with Crippen molar-refractivity contribution in [3.63, 3.8) is 0 Å². The van der Waals surface area contributed by atoms with E-state index in [1.54, 1.807) is 7.11 Å². The second-order valence-electron chi connectivity index (χ2n) is 4.76. The maximum absolute atomic E-state index is 5.67. The number of hydrogen-bond donors (Lipinski definition) is 2. The molecule has 1 atom stereocenters. The summed E-state index contributed by atoms with van der Waals surface area (Å²) in [6.45, 7) is 0.730. The first-order valence-corrected chi connectivity index (χ1v) is 6.40. The number of rotatable bonds is 6. The predicted molar refractivity (Wildman–Crippen MR) is 69.6 cm³/mol. The Labute approximate surface area is 103 Å². The maximum Gasteiger partial charge on any atom is 0.0484 e. The molecule has 17 heavy (non-hydrogen) atoms. The highest BCUT2D eigenvalue weighted by Crippen LogP contribution is 2.39. The van der Waals surface area contributed by atoms with E-state index in [1.807, 2.05) is 0 Å². The van der Waals surface area contributed by atoms with Crippen molar-refractivity contribution in [1.82, 2.24) is 5.43 Å². The van der Waals surface area contributed by atoms with Gasteiger partial charge in [0, 0.05) is 19.8 Å². The van der Waals surface area contributed by atoms with Crippen molar-refractivity contribution in [2.24, 2.45) is 5.84 Å². The van der Waals surface area contributed by atoms with Gasteiger partial charge in [0.25, 0.3) is 0 Å². The summed E-state index contributed by atoms with van der Waals surface area (Å²) in [6, 6.07) is 8.85. The van der Waals surface area contributed by atoms with E-state index in [0.717, 1.165) is 18.9 Å². The van der Waals surface area contributed by atoms with E-state index >= 15 is 0 Å². The summed E-state index contributed by atoms with van der Waals surface area (Å²) < 4.78 is 5.14. The summed E-state index contributed by atoms with van der Waals surface area (Å²) >= 11 is 0. The third-order valence-electron chi connectivity index (χ3n) is 3.73. The van der Waals surface area contributed by atoms with Crippen molar-refractivity contribution in [1.29, 1.82) is 0 Å². The van der Waals surface area contributed by atoms with Crippen LogP contribution in [0.1, 0.15) is 48.8 Å². The molecule has 94 valence electrons. The van der Waals surface area contributed by atoms with Crippen LogP contribution in [0, 0.1) is 0 Å². The fourth-order valence-electron chi connectivity index (χ4n) is 2.48. The minimum Gasteiger partial charge on any atom is -0.385 e. The fraction of sp³-hybridized carbons (Fsp3) is 0.571. The molecule has 0 saturated heterocycles. The lowest BCUT2D eigenvalue weighted by molar-refractivity contribution is 0.182. The van der Waals surface area contributed by atoms with Crippen LogP contribution in [0.2, 0.25) is 0 Å². The lowest BCUT2D eigenvalue weighted by atomic mass is 9.77. The van der Waals surface area contributed by atoms with Crippen LogP contribution in [0.15, 0.2) is 24.3 Å². The standard InChI is InChI=1S/C14H22N2O/c1-17-10-9-14(16-15)13-8-3-2-7-12(13)11-5-4-6-11/h2-3,7-8,11,14,16H,4-6,9-10,15H2,1H3. The molecule has 0 heterocycles. The Morgan fingerprint density at radius 2 is 2.18 bits per heavy atom. The van der Waals surface area contributed by atoms with Gasteiger partial charge in [-0.2, -0.15) is 0 Å². The summed E-state index contributed by atoms with van der Waals surface area (Å²) in [5, 5.41) is 0. The minimum absolute atomic E-state index is 0.201. The normalized spacial score (nSPS) is 17.8. The van der Waals surface area contributed by atoms with Gasteiger partial charge in [-0.1, -0.05) is 30.7 Å². The molecular weight excluding hydrogens is 212 g/mol. The number of hydrazine groups is 1. The molecule has 2 rings (SSSR count). The molecule has 1 unspecified atom stereocenters. The van der Waals surface area contributed by atoms with Crippen molar-refractivity contribution < 1.29 is 4.74 Å². The molecule has 1 aliphatic carbocycles. The van der Waals surface area contributed by atoms with E-state index in [9.17, 15) is 0 Å². The first kappa shape index (κ1) is 12.6. The molecule has 1 aromatic carbocycles. The first-order chi connectivity index (χ1) is 8.36. The van der Waals surface area contributed by atoms with Gasteiger partial charge in [-0.3, -0.25) is 11.3 Å². The molecule has 3 heteroatoms. The Bertz CT molecular complexity index is 350. The number of nitrogens with one attached hydrogen (secondary N) is 1. The summed E-state index contributed by atoms with van der Waals surface area (Å²) in [5.74, 6) is 6.41. The van der Waals surface area contributed by atoms with Gasteiger partial charge in [-0.15, -0.1) is 0 Å². The second-order valence-corrected chi connectivity index (χ2v) is 4.76. The van der Waals surface area contributed by atoms with Gasteiger partial charge in [0.1, 0.15) is 0 Å². The van der Waals surface area contributed by atoms with Crippen LogP contribution in [0.25, 0.3) is 0 Å². The molecule has 3 nitrogen and oxygen atoms in total. The molecule has 0 spiro atoms. The van der Waals surface area contributed by atoms with E-state index in [1.165, 1.54) is 30.4 Å². The van der Waals surface area contributed by atoms with Crippen molar-refractivity contribution in [3.05, 3.63) is 35.4 Å². The zero-order chi connectivity index (χ0) is 12.1. The van der Waals surface area contributed by atoms with Gasteiger partial charge in [0.05, 0.1) is 0 Å².